The molecule has 2 heterocycles. The molecule has 1 aromatic heterocycles. The predicted octanol–water partition coefficient (Wildman–Crippen LogP) is 7.88. The minimum absolute atomic E-state index is 0.214. The molecule has 1 aliphatic heterocycles. The van der Waals surface area contributed by atoms with Gasteiger partial charge in [0.2, 0.25) is 0 Å². The number of halogens is 3. The summed E-state index contributed by atoms with van der Waals surface area (Å²) in [6.07, 6.45) is 1.28. The summed E-state index contributed by atoms with van der Waals surface area (Å²) in [6.45, 7) is 5.29. The number of benzene rings is 2. The summed E-state index contributed by atoms with van der Waals surface area (Å²) in [5.74, 6) is 6.57. The number of nitrogens with one attached hydrogen (secondary N) is 2. The fraction of sp³-hybridized carbons (Fsp3) is 0.500. The van der Waals surface area contributed by atoms with Crippen molar-refractivity contribution in [3.8, 4) is 17.6 Å². The van der Waals surface area contributed by atoms with Crippen molar-refractivity contribution >= 4 is 45.2 Å². The van der Waals surface area contributed by atoms with Gasteiger partial charge in [-0.15, -0.1) is 11.3 Å². The molecule has 10 heteroatoms. The highest BCUT2D eigenvalue weighted by atomic mass is 32.1. The van der Waals surface area contributed by atoms with Crippen LogP contribution in [-0.2, 0) is 15.7 Å². The van der Waals surface area contributed by atoms with E-state index in [2.05, 4.69) is 22.5 Å². The van der Waals surface area contributed by atoms with Crippen LogP contribution in [0.25, 0.3) is 10.1 Å². The molecule has 5 rings (SSSR count). The van der Waals surface area contributed by atoms with Crippen LogP contribution in [0.3, 0.4) is 0 Å². The van der Waals surface area contributed by atoms with Crippen molar-refractivity contribution in [2.24, 2.45) is 5.41 Å². The van der Waals surface area contributed by atoms with Gasteiger partial charge in [0.25, 0.3) is 0 Å². The summed E-state index contributed by atoms with van der Waals surface area (Å²) in [5, 5.41) is 8.16. The maximum Gasteiger partial charge on any atom is 0.393 e. The molecule has 2 fully saturated rings. The number of thiophene rings is 1. The summed E-state index contributed by atoms with van der Waals surface area (Å²) < 4.78 is 65.3. The van der Waals surface area contributed by atoms with Crippen molar-refractivity contribution in [3.63, 3.8) is 0 Å². The normalized spacial score (nSPS) is 17.6. The SMILES string of the molecule is COc1cc(P(C)(C)=O)ccc1NCC#Cc1sc2c(NC3CCC4(CCOCC4)CC3)cccc2c1CC(F)(F)F. The number of alkyl halides is 3. The second-order valence-corrected chi connectivity index (χ2v) is 16.0. The van der Waals surface area contributed by atoms with Gasteiger partial charge in [-0.2, -0.15) is 13.2 Å². The zero-order valence-electron chi connectivity index (χ0n) is 24.3. The molecular formula is C32H38F3N2O3PS. The summed E-state index contributed by atoms with van der Waals surface area (Å²) in [5.41, 5.74) is 2.18. The average Bonchev–Trinajstić information content (AvgIpc) is 3.29. The van der Waals surface area contributed by atoms with Gasteiger partial charge in [0.1, 0.15) is 12.9 Å². The Balaban J connectivity index is 1.35. The van der Waals surface area contributed by atoms with Crippen LogP contribution in [0, 0.1) is 17.3 Å². The summed E-state index contributed by atoms with van der Waals surface area (Å²) in [4.78, 5) is 0.434. The molecule has 1 spiro atoms. The van der Waals surface area contributed by atoms with Gasteiger partial charge in [0.15, 0.2) is 0 Å². The van der Waals surface area contributed by atoms with Crippen LogP contribution in [-0.4, -0.2) is 52.4 Å². The number of anilines is 2. The van der Waals surface area contributed by atoms with Gasteiger partial charge in [-0.25, -0.2) is 0 Å². The summed E-state index contributed by atoms with van der Waals surface area (Å²) in [6, 6.07) is 11.2. The number of ether oxygens (including phenoxy) is 2. The first-order valence-electron chi connectivity index (χ1n) is 14.4. The molecule has 0 unspecified atom stereocenters. The van der Waals surface area contributed by atoms with E-state index in [0.29, 0.717) is 38.5 Å². The van der Waals surface area contributed by atoms with Crippen molar-refractivity contribution in [2.75, 3.05) is 50.8 Å². The Morgan fingerprint density at radius 2 is 1.83 bits per heavy atom. The zero-order valence-corrected chi connectivity index (χ0v) is 26.0. The van der Waals surface area contributed by atoms with E-state index in [1.54, 1.807) is 37.6 Å². The molecule has 0 atom stereocenters. The smallest absolute Gasteiger partial charge is 0.393 e. The lowest BCUT2D eigenvalue weighted by atomic mass is 9.68. The third-order valence-corrected chi connectivity index (χ3v) is 11.2. The van der Waals surface area contributed by atoms with E-state index >= 15 is 0 Å². The van der Waals surface area contributed by atoms with Crippen LogP contribution in [0.15, 0.2) is 36.4 Å². The lowest BCUT2D eigenvalue weighted by Crippen LogP contribution is -2.37. The van der Waals surface area contributed by atoms with Gasteiger partial charge < -0.3 is 24.7 Å². The number of rotatable bonds is 7. The van der Waals surface area contributed by atoms with Gasteiger partial charge in [0.05, 0.1) is 41.0 Å². The van der Waals surface area contributed by atoms with Gasteiger partial charge in [-0.05, 0) is 92.5 Å². The summed E-state index contributed by atoms with van der Waals surface area (Å²) in [7, 11) is -0.911. The maximum atomic E-state index is 13.7. The Morgan fingerprint density at radius 3 is 2.50 bits per heavy atom. The third kappa shape index (κ3) is 7.27. The van der Waals surface area contributed by atoms with E-state index in [9.17, 15) is 17.7 Å². The minimum atomic E-state index is -4.35. The molecule has 5 nitrogen and oxygen atoms in total. The Hall–Kier alpha value is -2.66. The van der Waals surface area contributed by atoms with Gasteiger partial charge in [-0.3, -0.25) is 0 Å². The van der Waals surface area contributed by atoms with Crippen LogP contribution < -0.4 is 20.7 Å². The molecular weight excluding hydrogens is 580 g/mol. The van der Waals surface area contributed by atoms with E-state index in [1.165, 1.54) is 18.4 Å². The molecule has 2 aromatic carbocycles. The summed E-state index contributed by atoms with van der Waals surface area (Å²) >= 11 is 1.32. The van der Waals surface area contributed by atoms with E-state index in [-0.39, 0.29) is 12.1 Å². The van der Waals surface area contributed by atoms with Gasteiger partial charge in [-0.1, -0.05) is 24.0 Å². The van der Waals surface area contributed by atoms with Crippen LogP contribution in [0.1, 0.15) is 49.0 Å². The average molecular weight is 619 g/mol. The number of fused-ring (bicyclic) bond motifs is 1. The lowest BCUT2D eigenvalue weighted by Gasteiger charge is -2.43. The Morgan fingerprint density at radius 1 is 1.10 bits per heavy atom. The van der Waals surface area contributed by atoms with E-state index in [4.69, 9.17) is 9.47 Å². The predicted molar refractivity (Wildman–Crippen MR) is 167 cm³/mol. The Labute approximate surface area is 249 Å². The molecule has 226 valence electrons. The molecule has 0 bridgehead atoms. The highest BCUT2D eigenvalue weighted by Crippen LogP contribution is 2.46. The fourth-order valence-electron chi connectivity index (χ4n) is 6.08. The Bertz CT molecular complexity index is 1520. The molecule has 0 amide bonds. The first-order valence-corrected chi connectivity index (χ1v) is 17.8. The molecule has 1 saturated carbocycles. The highest BCUT2D eigenvalue weighted by molar-refractivity contribution is 7.70. The van der Waals surface area contributed by atoms with Crippen molar-refractivity contribution in [3.05, 3.63) is 46.8 Å². The first-order chi connectivity index (χ1) is 20.0. The molecule has 1 saturated heterocycles. The number of hydrogen-bond donors (Lipinski definition) is 2. The monoisotopic (exact) mass is 618 g/mol. The Kier molecular flexibility index (Phi) is 9.18. The maximum absolute atomic E-state index is 13.7. The van der Waals surface area contributed by atoms with Crippen LogP contribution in [0.5, 0.6) is 5.75 Å². The third-order valence-electron chi connectivity index (χ3n) is 8.53. The van der Waals surface area contributed by atoms with Crippen molar-refractivity contribution < 1.29 is 27.2 Å². The minimum Gasteiger partial charge on any atom is -0.495 e. The zero-order chi connectivity index (χ0) is 30.0. The van der Waals surface area contributed by atoms with Gasteiger partial charge in [0, 0.05) is 24.6 Å². The fourth-order valence-corrected chi connectivity index (χ4v) is 8.12. The number of hydrogen-bond acceptors (Lipinski definition) is 6. The molecule has 3 aromatic rings. The number of methoxy groups -OCH3 is 1. The highest BCUT2D eigenvalue weighted by Gasteiger charge is 2.37. The second-order valence-electron chi connectivity index (χ2n) is 11.8. The molecule has 2 aliphatic rings. The van der Waals surface area contributed by atoms with Crippen molar-refractivity contribution in [2.45, 2.75) is 57.2 Å². The van der Waals surface area contributed by atoms with Crippen molar-refractivity contribution in [1.29, 1.82) is 0 Å². The molecule has 2 N–H and O–H groups in total. The van der Waals surface area contributed by atoms with Crippen LogP contribution >= 0.6 is 18.5 Å². The van der Waals surface area contributed by atoms with E-state index < -0.39 is 19.7 Å². The van der Waals surface area contributed by atoms with Crippen LogP contribution in [0.4, 0.5) is 24.5 Å². The largest absolute Gasteiger partial charge is 0.495 e. The van der Waals surface area contributed by atoms with E-state index in [1.807, 2.05) is 12.1 Å². The van der Waals surface area contributed by atoms with E-state index in [0.717, 1.165) is 62.1 Å². The second kappa shape index (κ2) is 12.5. The first kappa shape index (κ1) is 30.8. The topological polar surface area (TPSA) is 59.6 Å². The quantitative estimate of drug-likeness (QED) is 0.209. The standard InChI is InChI=1S/C32H38F3N2O3PS/c1-39-28-20-23(41(2,3)38)9-10-26(28)36-17-5-8-29-25(21-32(33,34)35)24-6-4-7-27(30(24)42-29)37-22-11-13-31(14-12-22)15-18-40-19-16-31/h4,6-7,9-10,20,22,36-37H,11-19,21H2,1-3H3. The van der Waals surface area contributed by atoms with Crippen LogP contribution in [0.2, 0.25) is 0 Å². The lowest BCUT2D eigenvalue weighted by molar-refractivity contribution is -0.126. The molecule has 0 radical (unpaired) electrons. The molecule has 1 aliphatic carbocycles. The molecule has 42 heavy (non-hydrogen) atoms. The van der Waals surface area contributed by atoms with Crippen molar-refractivity contribution in [1.82, 2.24) is 0 Å². The van der Waals surface area contributed by atoms with Gasteiger partial charge >= 0.3 is 6.18 Å².